The van der Waals surface area contributed by atoms with Crippen LogP contribution in [0.1, 0.15) is 38.7 Å². The molecule has 0 radical (unpaired) electrons. The van der Waals surface area contributed by atoms with E-state index in [9.17, 15) is 18.0 Å². The summed E-state index contributed by atoms with van der Waals surface area (Å²) in [6, 6.07) is 14.5. The molecule has 214 valence electrons. The van der Waals surface area contributed by atoms with Crippen LogP contribution in [0.4, 0.5) is 10.5 Å². The number of urea groups is 1. The van der Waals surface area contributed by atoms with E-state index in [0.29, 0.717) is 55.0 Å². The normalized spacial score (nSPS) is 15.3. The molecule has 1 aliphatic heterocycles. The summed E-state index contributed by atoms with van der Waals surface area (Å²) in [6.07, 6.45) is 4.24. The van der Waals surface area contributed by atoms with Gasteiger partial charge in [-0.05, 0) is 69.1 Å². The SMILES string of the molecule is CCN(CCCCN1CCN(C(=O)Nc2ccccc2OC)CCC1=O)C(C)Cc1ccc(S(C)(=O)=O)cc1. The zero-order valence-electron chi connectivity index (χ0n) is 23.6. The first-order chi connectivity index (χ1) is 18.6. The Morgan fingerprint density at radius 2 is 1.79 bits per heavy atom. The zero-order valence-corrected chi connectivity index (χ0v) is 24.4. The maximum Gasteiger partial charge on any atom is 0.322 e. The van der Waals surface area contributed by atoms with Gasteiger partial charge < -0.3 is 24.8 Å². The molecule has 0 spiro atoms. The largest absolute Gasteiger partial charge is 0.495 e. The van der Waals surface area contributed by atoms with Crippen molar-refractivity contribution in [3.05, 3.63) is 54.1 Å². The van der Waals surface area contributed by atoms with E-state index in [4.69, 9.17) is 4.74 Å². The Labute approximate surface area is 233 Å². The molecule has 0 bridgehead atoms. The van der Waals surface area contributed by atoms with Crippen molar-refractivity contribution in [3.8, 4) is 5.75 Å². The number of rotatable bonds is 12. The quantitative estimate of drug-likeness (QED) is 0.397. The van der Waals surface area contributed by atoms with Crippen LogP contribution in [-0.2, 0) is 21.1 Å². The highest BCUT2D eigenvalue weighted by atomic mass is 32.2. The Hall–Kier alpha value is -3.11. The van der Waals surface area contributed by atoms with Gasteiger partial charge in [-0.15, -0.1) is 0 Å². The minimum atomic E-state index is -3.19. The maximum atomic E-state index is 12.8. The lowest BCUT2D eigenvalue weighted by Gasteiger charge is -2.28. The van der Waals surface area contributed by atoms with E-state index >= 15 is 0 Å². The molecule has 39 heavy (non-hydrogen) atoms. The van der Waals surface area contributed by atoms with Gasteiger partial charge in [0, 0.05) is 44.9 Å². The van der Waals surface area contributed by atoms with Crippen LogP contribution in [0.3, 0.4) is 0 Å². The molecule has 1 heterocycles. The van der Waals surface area contributed by atoms with Crippen molar-refractivity contribution < 1.29 is 22.7 Å². The minimum Gasteiger partial charge on any atom is -0.495 e. The number of likely N-dealkylation sites (N-methyl/N-ethyl adjacent to an activating group) is 1. The number of sulfone groups is 1. The topological polar surface area (TPSA) is 99.3 Å². The van der Waals surface area contributed by atoms with Crippen LogP contribution in [0.2, 0.25) is 0 Å². The molecule has 1 unspecified atom stereocenters. The van der Waals surface area contributed by atoms with Crippen molar-refractivity contribution in [2.75, 3.05) is 58.0 Å². The third-order valence-electron chi connectivity index (χ3n) is 7.26. The second kappa shape index (κ2) is 14.3. The summed E-state index contributed by atoms with van der Waals surface area (Å²) < 4.78 is 28.7. The van der Waals surface area contributed by atoms with Gasteiger partial charge in [0.2, 0.25) is 5.91 Å². The molecule has 0 aliphatic carbocycles. The molecule has 3 amide bonds. The van der Waals surface area contributed by atoms with E-state index in [1.165, 1.54) is 6.26 Å². The first-order valence-corrected chi connectivity index (χ1v) is 15.5. The average Bonchev–Trinajstić information content (AvgIpc) is 3.10. The summed E-state index contributed by atoms with van der Waals surface area (Å²) in [7, 11) is -1.62. The number of carbonyl (C=O) groups excluding carboxylic acids is 2. The van der Waals surface area contributed by atoms with Gasteiger partial charge in [0.1, 0.15) is 5.75 Å². The summed E-state index contributed by atoms with van der Waals surface area (Å²) in [5.41, 5.74) is 1.72. The molecule has 1 saturated heterocycles. The van der Waals surface area contributed by atoms with Gasteiger partial charge in [0.15, 0.2) is 9.84 Å². The third-order valence-corrected chi connectivity index (χ3v) is 8.39. The Kier molecular flexibility index (Phi) is 11.2. The minimum absolute atomic E-state index is 0.0841. The van der Waals surface area contributed by atoms with Crippen molar-refractivity contribution in [2.45, 2.75) is 50.5 Å². The molecule has 0 saturated carbocycles. The first-order valence-electron chi connectivity index (χ1n) is 13.6. The number of hydrogen-bond acceptors (Lipinski definition) is 6. The highest BCUT2D eigenvalue weighted by Gasteiger charge is 2.24. The molecular formula is C29H42N4O5S. The number of methoxy groups -OCH3 is 1. The van der Waals surface area contributed by atoms with E-state index in [-0.39, 0.29) is 11.9 Å². The Balaban J connectivity index is 1.43. The fourth-order valence-electron chi connectivity index (χ4n) is 4.90. The monoisotopic (exact) mass is 558 g/mol. The molecule has 1 atom stereocenters. The highest BCUT2D eigenvalue weighted by Crippen LogP contribution is 2.23. The van der Waals surface area contributed by atoms with Crippen LogP contribution in [0.15, 0.2) is 53.4 Å². The van der Waals surface area contributed by atoms with Crippen molar-refractivity contribution in [1.82, 2.24) is 14.7 Å². The van der Waals surface area contributed by atoms with Gasteiger partial charge in [-0.1, -0.05) is 31.2 Å². The number of para-hydroxylation sites is 2. The highest BCUT2D eigenvalue weighted by molar-refractivity contribution is 7.90. The summed E-state index contributed by atoms with van der Waals surface area (Å²) in [5.74, 6) is 0.680. The van der Waals surface area contributed by atoms with Gasteiger partial charge >= 0.3 is 6.03 Å². The number of amides is 3. The van der Waals surface area contributed by atoms with Crippen LogP contribution in [0.25, 0.3) is 0 Å². The third kappa shape index (κ3) is 8.96. The maximum absolute atomic E-state index is 12.8. The molecule has 2 aromatic rings. The Bertz CT molecular complexity index is 1200. The molecule has 10 heteroatoms. The standard InChI is InChI=1S/C29H42N4O5S/c1-5-31(23(2)22-24-12-14-25(15-13-24)39(4,36)37)17-8-9-18-32-20-21-33(19-16-28(32)34)29(35)30-26-10-6-7-11-27(26)38-3/h6-7,10-15,23H,5,8-9,16-22H2,1-4H3,(H,30,35). The summed E-state index contributed by atoms with van der Waals surface area (Å²) >= 11 is 0. The molecule has 9 nitrogen and oxygen atoms in total. The number of nitrogens with zero attached hydrogens (tertiary/aromatic N) is 3. The van der Waals surface area contributed by atoms with Crippen LogP contribution >= 0.6 is 0 Å². The number of benzene rings is 2. The van der Waals surface area contributed by atoms with Crippen molar-refractivity contribution in [2.24, 2.45) is 0 Å². The number of unbranched alkanes of at least 4 members (excludes halogenated alkanes) is 1. The lowest BCUT2D eigenvalue weighted by atomic mass is 10.1. The molecule has 1 aliphatic rings. The van der Waals surface area contributed by atoms with Gasteiger partial charge in [0.25, 0.3) is 0 Å². The molecule has 2 aromatic carbocycles. The predicted octanol–water partition coefficient (Wildman–Crippen LogP) is 3.90. The summed E-state index contributed by atoms with van der Waals surface area (Å²) in [5, 5.41) is 2.90. The number of anilines is 1. The Morgan fingerprint density at radius 3 is 2.46 bits per heavy atom. The molecule has 3 rings (SSSR count). The molecule has 1 fully saturated rings. The van der Waals surface area contributed by atoms with Crippen LogP contribution in [0.5, 0.6) is 5.75 Å². The van der Waals surface area contributed by atoms with Crippen molar-refractivity contribution in [3.63, 3.8) is 0 Å². The fraction of sp³-hybridized carbons (Fsp3) is 0.517. The second-order valence-corrected chi connectivity index (χ2v) is 12.1. The number of hydrogen-bond donors (Lipinski definition) is 1. The number of nitrogens with one attached hydrogen (secondary N) is 1. The van der Waals surface area contributed by atoms with E-state index in [1.54, 1.807) is 36.3 Å². The lowest BCUT2D eigenvalue weighted by Crippen LogP contribution is -2.39. The molecule has 1 N–H and O–H groups in total. The van der Waals surface area contributed by atoms with Crippen LogP contribution < -0.4 is 10.1 Å². The lowest BCUT2D eigenvalue weighted by molar-refractivity contribution is -0.130. The van der Waals surface area contributed by atoms with E-state index in [1.807, 2.05) is 29.2 Å². The Morgan fingerprint density at radius 1 is 1.08 bits per heavy atom. The second-order valence-electron chi connectivity index (χ2n) is 10.1. The van der Waals surface area contributed by atoms with E-state index < -0.39 is 9.84 Å². The van der Waals surface area contributed by atoms with Gasteiger partial charge in [-0.25, -0.2) is 13.2 Å². The molecule has 0 aromatic heterocycles. The van der Waals surface area contributed by atoms with Gasteiger partial charge in [-0.2, -0.15) is 0 Å². The fourth-order valence-corrected chi connectivity index (χ4v) is 5.53. The van der Waals surface area contributed by atoms with Crippen LogP contribution in [-0.4, -0.2) is 93.7 Å². The van der Waals surface area contributed by atoms with E-state index in [2.05, 4.69) is 24.1 Å². The summed E-state index contributed by atoms with van der Waals surface area (Å²) in [6.45, 7) is 8.26. The van der Waals surface area contributed by atoms with Gasteiger partial charge in [-0.3, -0.25) is 4.79 Å². The van der Waals surface area contributed by atoms with Crippen LogP contribution in [0, 0.1) is 0 Å². The first kappa shape index (κ1) is 30.4. The van der Waals surface area contributed by atoms with Crippen molar-refractivity contribution >= 4 is 27.5 Å². The van der Waals surface area contributed by atoms with Gasteiger partial charge in [0.05, 0.1) is 17.7 Å². The molecular weight excluding hydrogens is 516 g/mol. The summed E-state index contributed by atoms with van der Waals surface area (Å²) in [4.78, 5) is 31.9. The number of ether oxygens (including phenoxy) is 1. The predicted molar refractivity (Wildman–Crippen MR) is 154 cm³/mol. The van der Waals surface area contributed by atoms with Crippen molar-refractivity contribution in [1.29, 1.82) is 0 Å². The smallest absolute Gasteiger partial charge is 0.322 e. The zero-order chi connectivity index (χ0) is 28.4. The average molecular weight is 559 g/mol. The van der Waals surface area contributed by atoms with E-state index in [0.717, 1.165) is 37.9 Å². The number of carbonyl (C=O) groups is 2.